The molecule has 20 heavy (non-hydrogen) atoms. The van der Waals surface area contributed by atoms with Crippen molar-refractivity contribution in [2.24, 2.45) is 5.73 Å². The van der Waals surface area contributed by atoms with E-state index in [1.807, 2.05) is 0 Å². The molecule has 9 nitrogen and oxygen atoms in total. The Labute approximate surface area is 141 Å². The Balaban J connectivity index is 0. The fraction of sp³-hybridized carbons (Fsp3) is 0.556. The molecule has 110 valence electrons. The molecule has 0 rings (SSSR count). The second kappa shape index (κ2) is 9.32. The van der Waals surface area contributed by atoms with Crippen LogP contribution >= 0.6 is 12.6 Å². The van der Waals surface area contributed by atoms with E-state index in [1.165, 1.54) is 0 Å². The third-order valence-electron chi connectivity index (χ3n) is 1.99. The Morgan fingerprint density at radius 1 is 1.20 bits per heavy atom. The van der Waals surface area contributed by atoms with Crippen LogP contribution in [-0.4, -0.2) is 86.1 Å². The number of rotatable bonds is 7. The molecule has 0 fully saturated rings. The Hall–Kier alpha value is -0.650. The van der Waals surface area contributed by atoms with E-state index in [0.717, 1.165) is 0 Å². The van der Waals surface area contributed by atoms with Gasteiger partial charge in [-0.1, -0.05) is 0 Å². The van der Waals surface area contributed by atoms with Gasteiger partial charge < -0.3 is 25.8 Å². The summed E-state index contributed by atoms with van der Waals surface area (Å²) in [5.41, 5.74) is 2.34. The van der Waals surface area contributed by atoms with Gasteiger partial charge in [-0.2, -0.15) is 12.6 Å². The summed E-state index contributed by atoms with van der Waals surface area (Å²) in [4.78, 5) is 43.5. The fourth-order valence-corrected chi connectivity index (χ4v) is 1.15. The van der Waals surface area contributed by atoms with Crippen LogP contribution in [0.15, 0.2) is 0 Å². The first kappa shape index (κ1) is 21.6. The molecule has 0 aliphatic rings. The standard InChI is InChI=1S/C9H13NO8S.Na.H/c10-4(3-19)7(14)18-6(13)2-9(17,8(15)16)1-5(11)12;;/h4,17,19H,1-3,10H2,(H,11,12)(H,15,16);;/t4-,9?;;/m0../s1. The summed E-state index contributed by atoms with van der Waals surface area (Å²) in [7, 11) is 0. The van der Waals surface area contributed by atoms with Crippen LogP contribution in [-0.2, 0) is 23.9 Å². The number of thiol groups is 1. The predicted molar refractivity (Wildman–Crippen MR) is 69.5 cm³/mol. The zero-order chi connectivity index (χ0) is 15.2. The molecule has 0 saturated heterocycles. The van der Waals surface area contributed by atoms with Gasteiger partial charge in [-0.3, -0.25) is 9.59 Å². The second-order valence-corrected chi connectivity index (χ2v) is 4.03. The molecule has 5 N–H and O–H groups in total. The molecule has 0 aliphatic heterocycles. The van der Waals surface area contributed by atoms with Gasteiger partial charge in [0.15, 0.2) is 5.60 Å². The topological polar surface area (TPSA) is 164 Å². The van der Waals surface area contributed by atoms with Gasteiger partial charge in [-0.15, -0.1) is 0 Å². The van der Waals surface area contributed by atoms with Gasteiger partial charge in [0.1, 0.15) is 6.04 Å². The molecule has 0 heterocycles. The Morgan fingerprint density at radius 2 is 1.70 bits per heavy atom. The Morgan fingerprint density at radius 3 is 2.05 bits per heavy atom. The summed E-state index contributed by atoms with van der Waals surface area (Å²) >= 11 is 3.68. The van der Waals surface area contributed by atoms with Crippen molar-refractivity contribution in [3.63, 3.8) is 0 Å². The SMILES string of the molecule is N[C@@H](CS)C(=O)OC(=O)CC(O)(CC(=O)O)C(=O)O.[NaH]. The third kappa shape index (κ3) is 7.22. The quantitative estimate of drug-likeness (QED) is 0.146. The van der Waals surface area contributed by atoms with Crippen molar-refractivity contribution in [2.75, 3.05) is 5.75 Å². The number of carbonyl (C=O) groups is 4. The molecule has 0 spiro atoms. The molecule has 1 unspecified atom stereocenters. The van der Waals surface area contributed by atoms with Crippen LogP contribution in [0.2, 0.25) is 0 Å². The van der Waals surface area contributed by atoms with Crippen LogP contribution in [0, 0.1) is 0 Å². The molecule has 0 aromatic carbocycles. The van der Waals surface area contributed by atoms with Gasteiger partial charge in [0.2, 0.25) is 0 Å². The van der Waals surface area contributed by atoms with E-state index >= 15 is 0 Å². The number of carboxylic acids is 2. The molecule has 0 radical (unpaired) electrons. The fourth-order valence-electron chi connectivity index (χ4n) is 1.00. The summed E-state index contributed by atoms with van der Waals surface area (Å²) in [6, 6.07) is -1.19. The van der Waals surface area contributed by atoms with Crippen molar-refractivity contribution >= 4 is 66.1 Å². The van der Waals surface area contributed by atoms with E-state index in [4.69, 9.17) is 15.9 Å². The predicted octanol–water partition coefficient (Wildman–Crippen LogP) is -2.65. The van der Waals surface area contributed by atoms with Crippen LogP contribution in [0.3, 0.4) is 0 Å². The van der Waals surface area contributed by atoms with Gasteiger partial charge in [-0.25, -0.2) is 9.59 Å². The number of esters is 2. The molecule has 0 aromatic heterocycles. The van der Waals surface area contributed by atoms with Crippen molar-refractivity contribution < 1.29 is 39.2 Å². The van der Waals surface area contributed by atoms with Gasteiger partial charge in [-0.05, 0) is 0 Å². The molecule has 0 aliphatic carbocycles. The second-order valence-electron chi connectivity index (χ2n) is 3.67. The van der Waals surface area contributed by atoms with Crippen molar-refractivity contribution in [3.8, 4) is 0 Å². The van der Waals surface area contributed by atoms with E-state index in [1.54, 1.807) is 0 Å². The van der Waals surface area contributed by atoms with Gasteiger partial charge in [0.25, 0.3) is 0 Å². The molecule has 11 heteroatoms. The van der Waals surface area contributed by atoms with Crippen molar-refractivity contribution in [1.82, 2.24) is 0 Å². The van der Waals surface area contributed by atoms with Crippen LogP contribution in [0.25, 0.3) is 0 Å². The van der Waals surface area contributed by atoms with E-state index in [-0.39, 0.29) is 35.3 Å². The minimum absolute atomic E-state index is 0. The minimum atomic E-state index is -2.85. The molecule has 0 bridgehead atoms. The van der Waals surface area contributed by atoms with Crippen molar-refractivity contribution in [3.05, 3.63) is 0 Å². The number of hydrogen-bond acceptors (Lipinski definition) is 8. The van der Waals surface area contributed by atoms with Crippen LogP contribution in [0.4, 0.5) is 0 Å². The zero-order valence-electron chi connectivity index (χ0n) is 9.61. The molecule has 2 atom stereocenters. The van der Waals surface area contributed by atoms with Gasteiger partial charge in [0, 0.05) is 5.75 Å². The number of aliphatic carboxylic acids is 2. The monoisotopic (exact) mass is 319 g/mol. The normalized spacial score (nSPS) is 14.3. The first-order valence-electron chi connectivity index (χ1n) is 4.91. The number of aliphatic hydroxyl groups is 1. The average Bonchev–Trinajstić information content (AvgIpc) is 2.25. The number of hydrogen-bond donors (Lipinski definition) is 5. The summed E-state index contributed by atoms with van der Waals surface area (Å²) in [5, 5.41) is 26.6. The molecule has 0 aromatic rings. The number of carboxylic acid groups (broad SMARTS) is 2. The van der Waals surface area contributed by atoms with E-state index in [2.05, 4.69) is 17.4 Å². The number of nitrogens with two attached hydrogens (primary N) is 1. The first-order chi connectivity index (χ1) is 8.62. The van der Waals surface area contributed by atoms with E-state index in [9.17, 15) is 24.3 Å². The number of carbonyl (C=O) groups excluding carboxylic acids is 2. The third-order valence-corrected chi connectivity index (χ3v) is 2.39. The average molecular weight is 319 g/mol. The Bertz CT molecular complexity index is 403. The first-order valence-corrected chi connectivity index (χ1v) is 5.54. The number of ether oxygens (including phenoxy) is 1. The summed E-state index contributed by atoms with van der Waals surface area (Å²) in [6.45, 7) is 0. The van der Waals surface area contributed by atoms with Gasteiger partial charge in [0.05, 0.1) is 12.8 Å². The van der Waals surface area contributed by atoms with Gasteiger partial charge >= 0.3 is 53.4 Å². The van der Waals surface area contributed by atoms with E-state index in [0.29, 0.717) is 0 Å². The van der Waals surface area contributed by atoms with Crippen molar-refractivity contribution in [1.29, 1.82) is 0 Å². The van der Waals surface area contributed by atoms with Crippen LogP contribution in [0.1, 0.15) is 12.8 Å². The summed E-state index contributed by atoms with van der Waals surface area (Å²) in [5.74, 6) is -6.20. The van der Waals surface area contributed by atoms with Crippen LogP contribution < -0.4 is 5.73 Å². The van der Waals surface area contributed by atoms with E-state index < -0.39 is 48.4 Å². The summed E-state index contributed by atoms with van der Waals surface area (Å²) < 4.78 is 4.16. The maximum atomic E-state index is 11.2. The molecule has 0 amide bonds. The summed E-state index contributed by atoms with van der Waals surface area (Å²) in [6.07, 6.45) is -2.41. The Kier molecular flexibility index (Phi) is 10.1. The van der Waals surface area contributed by atoms with Crippen molar-refractivity contribution in [2.45, 2.75) is 24.5 Å². The molecular formula is C9H14NNaO8S. The zero-order valence-corrected chi connectivity index (χ0v) is 10.5. The molecule has 0 saturated carbocycles. The molecular weight excluding hydrogens is 305 g/mol. The van der Waals surface area contributed by atoms with Crippen LogP contribution in [0.5, 0.6) is 0 Å². The maximum absolute atomic E-state index is 11.2.